The summed E-state index contributed by atoms with van der Waals surface area (Å²) >= 11 is 0. The van der Waals surface area contributed by atoms with E-state index in [4.69, 9.17) is 0 Å². The van der Waals surface area contributed by atoms with Crippen LogP contribution in [-0.2, 0) is 21.9 Å². The first-order chi connectivity index (χ1) is 22.6. The number of piperazine rings is 1. The molecule has 3 aliphatic rings. The molecule has 15 heteroatoms. The molecule has 1 unspecified atom stereocenters. The van der Waals surface area contributed by atoms with Crippen molar-refractivity contribution < 1.29 is 50.3 Å². The summed E-state index contributed by atoms with van der Waals surface area (Å²) in [4.78, 5) is 67.8. The van der Waals surface area contributed by atoms with Crippen LogP contribution in [0.4, 0.5) is 26.3 Å². The molecule has 1 N–H and O–H groups in total. The minimum Gasteiger partial charge on any atom is -0.336 e. The van der Waals surface area contributed by atoms with E-state index in [1.54, 1.807) is 0 Å². The minimum atomic E-state index is -4.58. The lowest BCUT2D eigenvalue weighted by Crippen LogP contribution is -2.54. The molecule has 9 nitrogen and oxygen atoms in total. The third-order valence-corrected chi connectivity index (χ3v) is 8.76. The van der Waals surface area contributed by atoms with Gasteiger partial charge in [-0.05, 0) is 60.0 Å². The number of alkyl halides is 6. The number of rotatable bonds is 5. The fourth-order valence-corrected chi connectivity index (χ4v) is 6.29. The Hall–Kier alpha value is -5.05. The van der Waals surface area contributed by atoms with Crippen LogP contribution >= 0.6 is 0 Å². The number of amides is 5. The Balaban J connectivity index is 1.20. The van der Waals surface area contributed by atoms with Crippen LogP contribution in [0, 0.1) is 0 Å². The van der Waals surface area contributed by atoms with Crippen molar-refractivity contribution in [1.29, 1.82) is 0 Å². The number of hydrogen-bond donors (Lipinski definition) is 1. The molecule has 6 rings (SSSR count). The number of nitrogens with zero attached hydrogens (tertiary/aromatic N) is 3. The van der Waals surface area contributed by atoms with Gasteiger partial charge in [0.1, 0.15) is 6.04 Å². The number of nitrogens with one attached hydrogen (secondary N) is 1. The largest absolute Gasteiger partial charge is 0.416 e. The van der Waals surface area contributed by atoms with E-state index in [9.17, 15) is 50.3 Å². The maximum atomic E-state index is 13.5. The first-order valence-corrected chi connectivity index (χ1v) is 14.9. The van der Waals surface area contributed by atoms with Gasteiger partial charge in [-0.15, -0.1) is 0 Å². The third kappa shape index (κ3) is 6.17. The Labute approximate surface area is 269 Å². The van der Waals surface area contributed by atoms with E-state index in [0.717, 1.165) is 29.2 Å². The van der Waals surface area contributed by atoms with Crippen molar-refractivity contribution in [3.05, 3.63) is 106 Å². The van der Waals surface area contributed by atoms with Crippen LogP contribution in [0.5, 0.6) is 0 Å². The first kappa shape index (κ1) is 32.9. The fraction of sp³-hybridized carbons (Fsp3) is 0.303. The normalized spacial score (nSPS) is 19.2. The van der Waals surface area contributed by atoms with Gasteiger partial charge in [0, 0.05) is 38.2 Å². The van der Waals surface area contributed by atoms with E-state index >= 15 is 0 Å². The van der Waals surface area contributed by atoms with Crippen LogP contribution in [0.1, 0.15) is 72.2 Å². The maximum Gasteiger partial charge on any atom is 0.416 e. The van der Waals surface area contributed by atoms with Crippen molar-refractivity contribution in [2.24, 2.45) is 0 Å². The molecule has 0 spiro atoms. The van der Waals surface area contributed by atoms with E-state index in [1.807, 2.05) is 4.90 Å². The van der Waals surface area contributed by atoms with Gasteiger partial charge in [0.25, 0.3) is 17.7 Å². The molecule has 3 aromatic rings. The predicted molar refractivity (Wildman–Crippen MR) is 155 cm³/mol. The Morgan fingerprint density at radius 1 is 0.708 bits per heavy atom. The summed E-state index contributed by atoms with van der Waals surface area (Å²) in [6, 6.07) is 10.9. The average molecular weight is 673 g/mol. The molecule has 250 valence electrons. The first-order valence-electron chi connectivity index (χ1n) is 14.9. The van der Waals surface area contributed by atoms with Crippen molar-refractivity contribution in [2.75, 3.05) is 26.2 Å². The van der Waals surface area contributed by atoms with Gasteiger partial charge in [-0.3, -0.25) is 39.1 Å². The highest BCUT2D eigenvalue weighted by Gasteiger charge is 2.45. The van der Waals surface area contributed by atoms with Gasteiger partial charge in [0.05, 0.1) is 28.3 Å². The standard InChI is InChI=1S/C33H26F6N4O5/c34-32(35,36)21-6-1-18(2-7-21)27(19-3-8-22(9-4-19)33(37,38)39)41-13-15-42(16-14-41)29(46)20-5-10-23-24(17-20)31(48)43(30(23)47)25-11-12-26(44)40-28(25)45/h1-10,17,25,27H,11-16H2,(H,40,44,45). The van der Waals surface area contributed by atoms with Gasteiger partial charge >= 0.3 is 12.4 Å². The molecule has 3 aromatic carbocycles. The van der Waals surface area contributed by atoms with Crippen LogP contribution in [-0.4, -0.2) is 76.5 Å². The zero-order valence-corrected chi connectivity index (χ0v) is 24.9. The SMILES string of the molecule is O=C1CCC(N2C(=O)c3ccc(C(=O)N4CCN(C(c5ccc(C(F)(F)F)cc5)c5ccc(C(F)(F)F)cc5)CC4)cc3C2=O)C(=O)N1. The Kier molecular flexibility index (Phi) is 8.35. The van der Waals surface area contributed by atoms with E-state index in [1.165, 1.54) is 47.4 Å². The molecule has 5 amide bonds. The van der Waals surface area contributed by atoms with Crippen LogP contribution in [0.2, 0.25) is 0 Å². The highest BCUT2D eigenvalue weighted by atomic mass is 19.4. The van der Waals surface area contributed by atoms with E-state index in [-0.39, 0.29) is 55.7 Å². The van der Waals surface area contributed by atoms with Crippen molar-refractivity contribution in [3.63, 3.8) is 0 Å². The number of benzene rings is 3. The Morgan fingerprint density at radius 3 is 1.73 bits per heavy atom. The second kappa shape index (κ2) is 12.2. The van der Waals surface area contributed by atoms with Gasteiger partial charge in [0.2, 0.25) is 11.8 Å². The Morgan fingerprint density at radius 2 is 1.23 bits per heavy atom. The van der Waals surface area contributed by atoms with Gasteiger partial charge < -0.3 is 4.90 Å². The lowest BCUT2D eigenvalue weighted by atomic mass is 9.94. The summed E-state index contributed by atoms with van der Waals surface area (Å²) in [6.45, 7) is 0.708. The van der Waals surface area contributed by atoms with Crippen LogP contribution < -0.4 is 5.32 Å². The molecule has 0 aromatic heterocycles. The van der Waals surface area contributed by atoms with E-state index in [0.29, 0.717) is 11.1 Å². The highest BCUT2D eigenvalue weighted by molar-refractivity contribution is 6.24. The topological polar surface area (TPSA) is 107 Å². The molecule has 3 aliphatic heterocycles. The number of carbonyl (C=O) groups is 5. The molecule has 0 aliphatic carbocycles. The molecule has 2 fully saturated rings. The van der Waals surface area contributed by atoms with Crippen LogP contribution in [0.25, 0.3) is 0 Å². The number of halogens is 6. The van der Waals surface area contributed by atoms with E-state index in [2.05, 4.69) is 5.32 Å². The van der Waals surface area contributed by atoms with Crippen molar-refractivity contribution in [3.8, 4) is 0 Å². The molecule has 0 saturated carbocycles. The van der Waals surface area contributed by atoms with Crippen LogP contribution in [0.15, 0.2) is 66.7 Å². The molecule has 0 bridgehead atoms. The molecule has 2 saturated heterocycles. The summed E-state index contributed by atoms with van der Waals surface area (Å²) in [7, 11) is 0. The zero-order chi connectivity index (χ0) is 34.5. The number of fused-ring (bicyclic) bond motifs is 1. The monoisotopic (exact) mass is 672 g/mol. The number of hydrogen-bond acceptors (Lipinski definition) is 6. The van der Waals surface area contributed by atoms with Gasteiger partial charge in [-0.2, -0.15) is 26.3 Å². The maximum absolute atomic E-state index is 13.5. The third-order valence-electron chi connectivity index (χ3n) is 8.76. The van der Waals surface area contributed by atoms with Gasteiger partial charge in [0.15, 0.2) is 0 Å². The van der Waals surface area contributed by atoms with Gasteiger partial charge in [-0.1, -0.05) is 24.3 Å². The summed E-state index contributed by atoms with van der Waals surface area (Å²) in [6.07, 6.45) is -9.22. The average Bonchev–Trinajstić information content (AvgIpc) is 3.29. The lowest BCUT2D eigenvalue weighted by Gasteiger charge is -2.40. The number of piperidine rings is 1. The summed E-state index contributed by atoms with van der Waals surface area (Å²) in [5.74, 6) is -3.21. The van der Waals surface area contributed by atoms with E-state index < -0.39 is 65.1 Å². The van der Waals surface area contributed by atoms with Crippen molar-refractivity contribution in [2.45, 2.75) is 37.3 Å². The fourth-order valence-electron chi connectivity index (χ4n) is 6.29. The zero-order valence-electron chi connectivity index (χ0n) is 24.9. The molecule has 3 heterocycles. The minimum absolute atomic E-state index is 0.0157. The molecular formula is C33H26F6N4O5. The molecule has 0 radical (unpaired) electrons. The molecular weight excluding hydrogens is 646 g/mol. The second-order valence-corrected chi connectivity index (χ2v) is 11.7. The number of carbonyl (C=O) groups excluding carboxylic acids is 5. The molecule has 1 atom stereocenters. The lowest BCUT2D eigenvalue weighted by molar-refractivity contribution is -0.138. The second-order valence-electron chi connectivity index (χ2n) is 11.7. The van der Waals surface area contributed by atoms with Crippen molar-refractivity contribution >= 4 is 29.5 Å². The summed E-state index contributed by atoms with van der Waals surface area (Å²) in [5, 5.41) is 2.12. The quantitative estimate of drug-likeness (QED) is 0.312. The predicted octanol–water partition coefficient (Wildman–Crippen LogP) is 4.67. The highest BCUT2D eigenvalue weighted by Crippen LogP contribution is 2.36. The summed E-state index contributed by atoms with van der Waals surface area (Å²) < 4.78 is 79.4. The van der Waals surface area contributed by atoms with Crippen molar-refractivity contribution in [1.82, 2.24) is 20.0 Å². The molecule has 48 heavy (non-hydrogen) atoms. The van der Waals surface area contributed by atoms with Crippen LogP contribution in [0.3, 0.4) is 0 Å². The Bertz CT molecular complexity index is 1740. The summed E-state index contributed by atoms with van der Waals surface area (Å²) in [5.41, 5.74) is -0.837. The number of imide groups is 2. The van der Waals surface area contributed by atoms with Gasteiger partial charge in [-0.25, -0.2) is 0 Å². The smallest absolute Gasteiger partial charge is 0.336 e.